The van der Waals surface area contributed by atoms with Crippen molar-refractivity contribution in [3.8, 4) is 5.75 Å². The van der Waals surface area contributed by atoms with Crippen LogP contribution in [0, 0.1) is 0 Å². The first-order valence-electron chi connectivity index (χ1n) is 4.74. The zero-order valence-electron chi connectivity index (χ0n) is 8.59. The molecule has 78 valence electrons. The number of aryl methyl sites for hydroxylation is 1. The fourth-order valence-electron chi connectivity index (χ4n) is 1.74. The topological polar surface area (TPSA) is 55.4 Å². The molecule has 0 unspecified atom stereocenters. The van der Waals surface area contributed by atoms with Crippen molar-refractivity contribution in [2.24, 2.45) is 0 Å². The van der Waals surface area contributed by atoms with E-state index in [4.69, 9.17) is 4.74 Å². The van der Waals surface area contributed by atoms with Gasteiger partial charge in [0.1, 0.15) is 5.75 Å². The fraction of sp³-hybridized carbons (Fsp3) is 0.273. The molecule has 1 aliphatic rings. The van der Waals surface area contributed by atoms with Crippen LogP contribution < -0.4 is 10.1 Å². The van der Waals surface area contributed by atoms with Crippen molar-refractivity contribution >= 4 is 17.4 Å². The number of Topliss-reactive ketones (excluding diaryl/α,β-unsaturated/α-hetero) is 1. The monoisotopic (exact) mass is 205 g/mol. The molecule has 2 rings (SSSR count). The predicted molar refractivity (Wildman–Crippen MR) is 55.3 cm³/mol. The zero-order valence-corrected chi connectivity index (χ0v) is 8.59. The van der Waals surface area contributed by atoms with Gasteiger partial charge in [0.2, 0.25) is 0 Å². The molecule has 0 saturated carbocycles. The Bertz CT molecular complexity index is 451. The van der Waals surface area contributed by atoms with Crippen molar-refractivity contribution in [1.29, 1.82) is 0 Å². The Balaban J connectivity index is 2.64. The number of carbonyl (C=O) groups is 2. The van der Waals surface area contributed by atoms with Gasteiger partial charge in [-0.15, -0.1) is 0 Å². The molecule has 0 bridgehead atoms. The first-order valence-corrected chi connectivity index (χ1v) is 4.74. The first-order chi connectivity index (χ1) is 7.19. The molecule has 1 aliphatic heterocycles. The zero-order chi connectivity index (χ0) is 11.0. The second-order valence-corrected chi connectivity index (χ2v) is 3.32. The van der Waals surface area contributed by atoms with Gasteiger partial charge in [0, 0.05) is 0 Å². The fourth-order valence-corrected chi connectivity index (χ4v) is 1.74. The van der Waals surface area contributed by atoms with Crippen molar-refractivity contribution in [3.05, 3.63) is 23.3 Å². The third-order valence-corrected chi connectivity index (χ3v) is 2.51. The number of anilines is 1. The lowest BCUT2D eigenvalue weighted by Crippen LogP contribution is -2.12. The average Bonchev–Trinajstić information content (AvgIpc) is 2.54. The van der Waals surface area contributed by atoms with Crippen LogP contribution in [0.4, 0.5) is 5.69 Å². The van der Waals surface area contributed by atoms with Crippen LogP contribution in [-0.2, 0) is 11.2 Å². The molecular formula is C11H11NO3. The summed E-state index contributed by atoms with van der Waals surface area (Å²) in [5.74, 6) is -0.489. The molecule has 4 heteroatoms. The van der Waals surface area contributed by atoms with E-state index in [1.165, 1.54) is 7.11 Å². The number of hydrogen-bond donors (Lipinski definition) is 1. The van der Waals surface area contributed by atoms with Crippen LogP contribution in [0.3, 0.4) is 0 Å². The summed E-state index contributed by atoms with van der Waals surface area (Å²) in [4.78, 5) is 22.6. The van der Waals surface area contributed by atoms with Crippen LogP contribution in [0.15, 0.2) is 12.1 Å². The average molecular weight is 205 g/mol. The number of ketones is 1. The molecule has 0 saturated heterocycles. The van der Waals surface area contributed by atoms with Crippen LogP contribution >= 0.6 is 0 Å². The quantitative estimate of drug-likeness (QED) is 0.742. The lowest BCUT2D eigenvalue weighted by Gasteiger charge is -2.10. The molecular weight excluding hydrogens is 194 g/mol. The highest BCUT2D eigenvalue weighted by molar-refractivity contribution is 6.52. The standard InChI is InChI=1S/C11H11NO3/c1-3-6-4-5-7-8(10(6)15-2)12-11(14)9(7)13/h4-5H,3H2,1-2H3,(H,12,13,14). The molecule has 0 fully saturated rings. The van der Waals surface area contributed by atoms with E-state index in [1.54, 1.807) is 6.07 Å². The maximum absolute atomic E-state index is 11.4. The number of nitrogens with one attached hydrogen (secondary N) is 1. The number of rotatable bonds is 2. The van der Waals surface area contributed by atoms with E-state index in [9.17, 15) is 9.59 Å². The molecule has 1 amide bonds. The second kappa shape index (κ2) is 3.38. The second-order valence-electron chi connectivity index (χ2n) is 3.32. The van der Waals surface area contributed by atoms with E-state index < -0.39 is 11.7 Å². The van der Waals surface area contributed by atoms with E-state index >= 15 is 0 Å². The highest BCUT2D eigenvalue weighted by Crippen LogP contribution is 2.36. The number of carbonyl (C=O) groups excluding carboxylic acids is 2. The van der Waals surface area contributed by atoms with Gasteiger partial charge in [0.15, 0.2) is 0 Å². The molecule has 1 aromatic rings. The number of methoxy groups -OCH3 is 1. The van der Waals surface area contributed by atoms with Crippen molar-refractivity contribution in [3.63, 3.8) is 0 Å². The summed E-state index contributed by atoms with van der Waals surface area (Å²) >= 11 is 0. The Hall–Kier alpha value is -1.84. The van der Waals surface area contributed by atoms with Gasteiger partial charge in [-0.3, -0.25) is 9.59 Å². The predicted octanol–water partition coefficient (Wildman–Crippen LogP) is 1.39. The summed E-state index contributed by atoms with van der Waals surface area (Å²) in [6.45, 7) is 1.99. The number of hydrogen-bond acceptors (Lipinski definition) is 3. The molecule has 4 nitrogen and oxygen atoms in total. The molecule has 15 heavy (non-hydrogen) atoms. The number of amides is 1. The minimum absolute atomic E-state index is 0.397. The first kappa shape index (κ1) is 9.71. The van der Waals surface area contributed by atoms with Crippen LogP contribution in [0.2, 0.25) is 0 Å². The van der Waals surface area contributed by atoms with Crippen LogP contribution in [0.5, 0.6) is 5.75 Å². The molecule has 0 spiro atoms. The van der Waals surface area contributed by atoms with Gasteiger partial charge in [-0.2, -0.15) is 0 Å². The maximum atomic E-state index is 11.4. The van der Waals surface area contributed by atoms with Gasteiger partial charge < -0.3 is 10.1 Å². The van der Waals surface area contributed by atoms with Crippen molar-refractivity contribution < 1.29 is 14.3 Å². The number of benzene rings is 1. The molecule has 1 N–H and O–H groups in total. The molecule has 0 atom stereocenters. The third kappa shape index (κ3) is 1.29. The van der Waals surface area contributed by atoms with E-state index in [1.807, 2.05) is 13.0 Å². The van der Waals surface area contributed by atoms with Crippen molar-refractivity contribution in [2.45, 2.75) is 13.3 Å². The highest BCUT2D eigenvalue weighted by atomic mass is 16.5. The van der Waals surface area contributed by atoms with E-state index in [0.29, 0.717) is 17.0 Å². The summed E-state index contributed by atoms with van der Waals surface area (Å²) in [5, 5.41) is 2.53. The van der Waals surface area contributed by atoms with E-state index in [-0.39, 0.29) is 0 Å². The molecule has 0 aromatic heterocycles. The Kier molecular flexibility index (Phi) is 2.19. The normalized spacial score (nSPS) is 13.7. The van der Waals surface area contributed by atoms with Gasteiger partial charge in [-0.05, 0) is 18.1 Å². The lowest BCUT2D eigenvalue weighted by molar-refractivity contribution is -0.112. The Morgan fingerprint density at radius 2 is 2.07 bits per heavy atom. The SMILES string of the molecule is CCc1ccc2c(c1OC)NC(=O)C2=O. The molecule has 0 radical (unpaired) electrons. The van der Waals surface area contributed by atoms with Crippen molar-refractivity contribution in [2.75, 3.05) is 12.4 Å². The van der Waals surface area contributed by atoms with E-state index in [2.05, 4.69) is 5.32 Å². The van der Waals surface area contributed by atoms with Gasteiger partial charge in [-0.25, -0.2) is 0 Å². The summed E-state index contributed by atoms with van der Waals surface area (Å²) < 4.78 is 5.21. The molecule has 0 aliphatic carbocycles. The third-order valence-electron chi connectivity index (χ3n) is 2.51. The van der Waals surface area contributed by atoms with Crippen LogP contribution in [-0.4, -0.2) is 18.8 Å². The minimum Gasteiger partial charge on any atom is -0.494 e. The summed E-state index contributed by atoms with van der Waals surface area (Å²) in [6, 6.07) is 3.48. The highest BCUT2D eigenvalue weighted by Gasteiger charge is 2.31. The number of fused-ring (bicyclic) bond motifs is 1. The van der Waals surface area contributed by atoms with Gasteiger partial charge in [0.25, 0.3) is 11.7 Å². The van der Waals surface area contributed by atoms with Gasteiger partial charge in [-0.1, -0.05) is 13.0 Å². The smallest absolute Gasteiger partial charge is 0.296 e. The Morgan fingerprint density at radius 3 is 2.67 bits per heavy atom. The van der Waals surface area contributed by atoms with Crippen molar-refractivity contribution in [1.82, 2.24) is 0 Å². The Morgan fingerprint density at radius 1 is 1.33 bits per heavy atom. The lowest BCUT2D eigenvalue weighted by atomic mass is 10.1. The summed E-state index contributed by atoms with van der Waals surface area (Å²) in [5.41, 5.74) is 1.88. The van der Waals surface area contributed by atoms with Crippen LogP contribution in [0.1, 0.15) is 22.8 Å². The van der Waals surface area contributed by atoms with E-state index in [0.717, 1.165) is 12.0 Å². The summed E-state index contributed by atoms with van der Waals surface area (Å²) in [7, 11) is 1.53. The minimum atomic E-state index is -0.587. The van der Waals surface area contributed by atoms with Gasteiger partial charge >= 0.3 is 0 Å². The largest absolute Gasteiger partial charge is 0.494 e. The number of ether oxygens (including phenoxy) is 1. The maximum Gasteiger partial charge on any atom is 0.296 e. The summed E-state index contributed by atoms with van der Waals surface area (Å²) in [6.07, 6.45) is 0.792. The van der Waals surface area contributed by atoms with Crippen LogP contribution in [0.25, 0.3) is 0 Å². The van der Waals surface area contributed by atoms with Gasteiger partial charge in [0.05, 0.1) is 18.4 Å². The molecule has 1 heterocycles. The molecule has 1 aromatic carbocycles. The Labute approximate surface area is 87.2 Å².